The van der Waals surface area contributed by atoms with Gasteiger partial charge < -0.3 is 24.8 Å². The number of unbranched alkanes of at least 4 members (excludes halogenated alkanes) is 1. The smallest absolute Gasteiger partial charge is 0.408 e. The maximum Gasteiger partial charge on any atom is 0.408 e. The van der Waals surface area contributed by atoms with Crippen molar-refractivity contribution < 1.29 is 28.6 Å². The summed E-state index contributed by atoms with van der Waals surface area (Å²) in [6.07, 6.45) is 1.49. The maximum atomic E-state index is 12.6. The molecule has 8 nitrogen and oxygen atoms in total. The number of carbonyl (C=O) groups is 3. The normalized spacial score (nSPS) is 14.0. The first-order valence-corrected chi connectivity index (χ1v) is 9.85. The molecule has 0 fully saturated rings. The molecule has 164 valence electrons. The zero-order chi connectivity index (χ0) is 22.0. The van der Waals surface area contributed by atoms with E-state index in [1.165, 1.54) is 6.92 Å². The Morgan fingerprint density at radius 3 is 1.96 bits per heavy atom. The highest BCUT2D eigenvalue weighted by molar-refractivity contribution is 5.89. The average Bonchev–Trinajstić information content (AvgIpc) is 2.49. The summed E-state index contributed by atoms with van der Waals surface area (Å²) in [5.74, 6) is -1.04. The molecular weight excluding hydrogens is 364 g/mol. The minimum Gasteiger partial charge on any atom is -0.458 e. The van der Waals surface area contributed by atoms with Crippen LogP contribution in [0.15, 0.2) is 0 Å². The molecule has 0 bridgehead atoms. The predicted molar refractivity (Wildman–Crippen MR) is 107 cm³/mol. The van der Waals surface area contributed by atoms with Crippen LogP contribution in [0.3, 0.4) is 0 Å². The molecule has 0 aliphatic rings. The molecule has 28 heavy (non-hydrogen) atoms. The summed E-state index contributed by atoms with van der Waals surface area (Å²) in [7, 11) is 0. The van der Waals surface area contributed by atoms with Crippen molar-refractivity contribution in [3.05, 3.63) is 0 Å². The van der Waals surface area contributed by atoms with Crippen LogP contribution in [0.4, 0.5) is 4.79 Å². The number of hydrogen-bond acceptors (Lipinski definition) is 6. The van der Waals surface area contributed by atoms with E-state index in [0.29, 0.717) is 13.2 Å². The quantitative estimate of drug-likeness (QED) is 0.430. The van der Waals surface area contributed by atoms with Crippen molar-refractivity contribution in [2.75, 3.05) is 13.2 Å². The third-order valence-corrected chi connectivity index (χ3v) is 3.32. The van der Waals surface area contributed by atoms with Gasteiger partial charge in [0.25, 0.3) is 0 Å². The molecule has 0 spiro atoms. The highest BCUT2D eigenvalue weighted by Crippen LogP contribution is 2.09. The van der Waals surface area contributed by atoms with E-state index in [9.17, 15) is 14.4 Å². The Balaban J connectivity index is 4.87. The number of nitrogens with one attached hydrogen (secondary N) is 2. The van der Waals surface area contributed by atoms with Crippen molar-refractivity contribution in [1.82, 2.24) is 10.6 Å². The zero-order valence-corrected chi connectivity index (χ0v) is 18.6. The summed E-state index contributed by atoms with van der Waals surface area (Å²) in [4.78, 5) is 36.8. The number of ether oxygens (including phenoxy) is 3. The molecule has 0 rings (SSSR count). The first-order chi connectivity index (χ1) is 12.7. The number of alkyl carbamates (subject to hydrolysis) is 1. The summed E-state index contributed by atoms with van der Waals surface area (Å²) in [5, 5.41) is 5.13. The largest absolute Gasteiger partial charge is 0.458 e. The molecule has 0 aliphatic heterocycles. The molecule has 0 aromatic rings. The zero-order valence-electron chi connectivity index (χ0n) is 18.6. The van der Waals surface area contributed by atoms with Crippen LogP contribution in [0.25, 0.3) is 0 Å². The minimum atomic E-state index is -0.888. The van der Waals surface area contributed by atoms with Gasteiger partial charge in [0.2, 0.25) is 5.91 Å². The lowest BCUT2D eigenvalue weighted by Crippen LogP contribution is -2.52. The lowest BCUT2D eigenvalue weighted by molar-refractivity contribution is -0.158. The van der Waals surface area contributed by atoms with Crippen molar-refractivity contribution >= 4 is 18.0 Å². The lowest BCUT2D eigenvalue weighted by atomic mass is 10.1. The molecule has 0 saturated heterocycles. The Kier molecular flexibility index (Phi) is 11.1. The summed E-state index contributed by atoms with van der Waals surface area (Å²) >= 11 is 0. The van der Waals surface area contributed by atoms with E-state index in [2.05, 4.69) is 17.6 Å². The van der Waals surface area contributed by atoms with Crippen LogP contribution in [-0.2, 0) is 23.8 Å². The molecule has 2 N–H and O–H groups in total. The van der Waals surface area contributed by atoms with E-state index in [1.807, 2.05) is 0 Å². The number of amides is 2. The van der Waals surface area contributed by atoms with Gasteiger partial charge in [-0.1, -0.05) is 13.3 Å². The van der Waals surface area contributed by atoms with Crippen molar-refractivity contribution in [2.45, 2.75) is 97.9 Å². The average molecular weight is 403 g/mol. The lowest BCUT2D eigenvalue weighted by Gasteiger charge is -2.25. The van der Waals surface area contributed by atoms with E-state index >= 15 is 0 Å². The standard InChI is InChI=1S/C20H38N2O6/c1-9-10-12-26-13-11-15(22-18(25)28-20(6,7)8)16(23)21-14(2)17(24)27-19(3,4)5/h14-15H,9-13H2,1-8H3,(H,21,23)(H,22,25)/t14-,15-/m0/s1. The first-order valence-electron chi connectivity index (χ1n) is 9.85. The van der Waals surface area contributed by atoms with Gasteiger partial charge in [-0.05, 0) is 54.9 Å². The highest BCUT2D eigenvalue weighted by atomic mass is 16.6. The fourth-order valence-electron chi connectivity index (χ4n) is 2.03. The van der Waals surface area contributed by atoms with Gasteiger partial charge in [0.15, 0.2) is 0 Å². The predicted octanol–water partition coefficient (Wildman–Crippen LogP) is 2.93. The summed E-state index contributed by atoms with van der Waals surface area (Å²) in [6, 6.07) is -1.74. The molecule has 0 heterocycles. The van der Waals surface area contributed by atoms with Gasteiger partial charge in [0.05, 0.1) is 0 Å². The van der Waals surface area contributed by atoms with Gasteiger partial charge in [-0.3, -0.25) is 4.79 Å². The summed E-state index contributed by atoms with van der Waals surface area (Å²) in [6.45, 7) is 14.9. The van der Waals surface area contributed by atoms with Crippen LogP contribution >= 0.6 is 0 Å². The van der Waals surface area contributed by atoms with Crippen molar-refractivity contribution in [3.63, 3.8) is 0 Å². The maximum absolute atomic E-state index is 12.6. The van der Waals surface area contributed by atoms with Crippen LogP contribution in [0.2, 0.25) is 0 Å². The van der Waals surface area contributed by atoms with Gasteiger partial charge in [0, 0.05) is 19.6 Å². The third-order valence-electron chi connectivity index (χ3n) is 3.32. The SMILES string of the molecule is CCCCOCC[C@H](NC(=O)OC(C)(C)C)C(=O)N[C@@H](C)C(=O)OC(C)(C)C. The molecule has 0 saturated carbocycles. The molecule has 0 aliphatic carbocycles. The van der Waals surface area contributed by atoms with Crippen molar-refractivity contribution in [1.29, 1.82) is 0 Å². The molecule has 0 unspecified atom stereocenters. The summed E-state index contributed by atoms with van der Waals surface area (Å²) in [5.41, 5.74) is -1.34. The number of rotatable bonds is 10. The number of carbonyl (C=O) groups excluding carboxylic acids is 3. The monoisotopic (exact) mass is 402 g/mol. The van der Waals surface area contributed by atoms with Crippen molar-refractivity contribution in [3.8, 4) is 0 Å². The Morgan fingerprint density at radius 1 is 0.893 bits per heavy atom. The van der Waals surface area contributed by atoms with Gasteiger partial charge in [0.1, 0.15) is 23.3 Å². The van der Waals surface area contributed by atoms with E-state index in [-0.39, 0.29) is 6.42 Å². The van der Waals surface area contributed by atoms with Crippen LogP contribution in [-0.4, -0.2) is 54.5 Å². The van der Waals surface area contributed by atoms with E-state index in [0.717, 1.165) is 12.8 Å². The van der Waals surface area contributed by atoms with Gasteiger partial charge >= 0.3 is 12.1 Å². The fraction of sp³-hybridized carbons (Fsp3) is 0.850. The second kappa shape index (κ2) is 11.9. The fourth-order valence-corrected chi connectivity index (χ4v) is 2.03. The summed E-state index contributed by atoms with van der Waals surface area (Å²) < 4.78 is 16.0. The molecule has 0 aromatic heterocycles. The van der Waals surface area contributed by atoms with E-state index in [1.54, 1.807) is 41.5 Å². The van der Waals surface area contributed by atoms with Gasteiger partial charge in [-0.25, -0.2) is 9.59 Å². The van der Waals surface area contributed by atoms with Crippen molar-refractivity contribution in [2.24, 2.45) is 0 Å². The third kappa shape index (κ3) is 13.4. The van der Waals surface area contributed by atoms with Crippen LogP contribution < -0.4 is 10.6 Å². The Hall–Kier alpha value is -1.83. The molecule has 0 radical (unpaired) electrons. The molecular formula is C20H38N2O6. The molecule has 8 heteroatoms. The molecule has 0 aromatic carbocycles. The number of esters is 1. The Morgan fingerprint density at radius 2 is 1.46 bits per heavy atom. The van der Waals surface area contributed by atoms with E-state index < -0.39 is 41.3 Å². The number of hydrogen-bond donors (Lipinski definition) is 2. The second-order valence-electron chi connectivity index (χ2n) is 8.72. The van der Waals surface area contributed by atoms with E-state index in [4.69, 9.17) is 14.2 Å². The van der Waals surface area contributed by atoms with Crippen LogP contribution in [0.1, 0.15) is 74.7 Å². The second-order valence-corrected chi connectivity index (χ2v) is 8.72. The van der Waals surface area contributed by atoms with Gasteiger partial charge in [-0.15, -0.1) is 0 Å². The first kappa shape index (κ1) is 26.2. The Bertz CT molecular complexity index is 508. The van der Waals surface area contributed by atoms with Gasteiger partial charge in [-0.2, -0.15) is 0 Å². The minimum absolute atomic E-state index is 0.260. The molecule has 2 amide bonds. The van der Waals surface area contributed by atoms with Crippen LogP contribution in [0.5, 0.6) is 0 Å². The van der Waals surface area contributed by atoms with Crippen LogP contribution in [0, 0.1) is 0 Å². The molecule has 2 atom stereocenters. The highest BCUT2D eigenvalue weighted by Gasteiger charge is 2.28. The Labute approximate surface area is 169 Å². The topological polar surface area (TPSA) is 103 Å².